The van der Waals surface area contributed by atoms with E-state index in [0.717, 1.165) is 24.9 Å². The van der Waals surface area contributed by atoms with Crippen LogP contribution in [0.15, 0.2) is 5.16 Å². The van der Waals surface area contributed by atoms with Crippen LogP contribution in [0.25, 0.3) is 0 Å². The first-order chi connectivity index (χ1) is 9.10. The van der Waals surface area contributed by atoms with Crippen molar-refractivity contribution >= 4 is 29.6 Å². The van der Waals surface area contributed by atoms with Gasteiger partial charge in [-0.15, -0.1) is 0 Å². The molecular weight excluding hydrogens is 266 g/mol. The van der Waals surface area contributed by atoms with Crippen LogP contribution in [-0.4, -0.2) is 51.4 Å². The van der Waals surface area contributed by atoms with E-state index in [-0.39, 0.29) is 5.75 Å². The Balaban J connectivity index is 2.98. The fraction of sp³-hybridized carbons (Fsp3) is 0.636. The van der Waals surface area contributed by atoms with Crippen molar-refractivity contribution in [3.63, 3.8) is 0 Å². The molecule has 0 amide bonds. The number of rotatable bonds is 8. The molecule has 1 rings (SSSR count). The first-order valence-electron chi connectivity index (χ1n) is 6.20. The number of nitrogens with zero attached hydrogens (tertiary/aromatic N) is 4. The normalized spacial score (nSPS) is 10.3. The van der Waals surface area contributed by atoms with Crippen molar-refractivity contribution in [1.82, 2.24) is 15.0 Å². The second-order valence-corrected chi connectivity index (χ2v) is 4.57. The van der Waals surface area contributed by atoms with Crippen LogP contribution in [0.3, 0.4) is 0 Å². The maximum absolute atomic E-state index is 10.6. The number of anilines is 2. The molecule has 0 unspecified atom stereocenters. The maximum Gasteiger partial charge on any atom is 0.313 e. The summed E-state index contributed by atoms with van der Waals surface area (Å²) >= 11 is 1.09. The van der Waals surface area contributed by atoms with E-state index < -0.39 is 5.97 Å². The molecule has 0 bridgehead atoms. The minimum absolute atomic E-state index is 0.0622. The zero-order valence-electron chi connectivity index (χ0n) is 11.4. The number of aromatic nitrogens is 3. The molecule has 2 N–H and O–H groups in total. The molecule has 8 heteroatoms. The molecule has 0 aliphatic heterocycles. The Bertz CT molecular complexity index is 426. The van der Waals surface area contributed by atoms with Gasteiger partial charge in [0.25, 0.3) is 0 Å². The summed E-state index contributed by atoms with van der Waals surface area (Å²) in [7, 11) is 0. The van der Waals surface area contributed by atoms with Crippen LogP contribution < -0.4 is 10.2 Å². The number of hydrogen-bond acceptors (Lipinski definition) is 7. The van der Waals surface area contributed by atoms with E-state index in [1.165, 1.54) is 0 Å². The van der Waals surface area contributed by atoms with Crippen LogP contribution in [0.2, 0.25) is 0 Å². The van der Waals surface area contributed by atoms with Gasteiger partial charge < -0.3 is 15.3 Å². The molecule has 19 heavy (non-hydrogen) atoms. The molecular formula is C11H19N5O2S. The Morgan fingerprint density at radius 2 is 1.95 bits per heavy atom. The van der Waals surface area contributed by atoms with E-state index in [1.54, 1.807) is 0 Å². The lowest BCUT2D eigenvalue weighted by molar-refractivity contribution is -0.133. The number of carbonyl (C=O) groups is 1. The average molecular weight is 285 g/mol. The van der Waals surface area contributed by atoms with Crippen LogP contribution in [0.5, 0.6) is 0 Å². The molecule has 0 fully saturated rings. The monoisotopic (exact) mass is 285 g/mol. The zero-order valence-corrected chi connectivity index (χ0v) is 12.2. The molecule has 0 atom stereocenters. The largest absolute Gasteiger partial charge is 0.481 e. The Kier molecular flexibility index (Phi) is 6.34. The van der Waals surface area contributed by atoms with Gasteiger partial charge in [-0.2, -0.15) is 15.0 Å². The third-order valence-corrected chi connectivity index (χ3v) is 3.14. The maximum atomic E-state index is 10.6. The van der Waals surface area contributed by atoms with Crippen molar-refractivity contribution in [2.24, 2.45) is 0 Å². The highest BCUT2D eigenvalue weighted by molar-refractivity contribution is 7.99. The summed E-state index contributed by atoms with van der Waals surface area (Å²) in [4.78, 5) is 25.4. The highest BCUT2D eigenvalue weighted by atomic mass is 32.2. The SMILES string of the molecule is CCNc1nc(SCC(=O)O)nc(N(CC)CC)n1. The van der Waals surface area contributed by atoms with Crippen LogP contribution in [0, 0.1) is 0 Å². The quantitative estimate of drug-likeness (QED) is 0.691. The van der Waals surface area contributed by atoms with Crippen LogP contribution in [0.4, 0.5) is 11.9 Å². The van der Waals surface area contributed by atoms with Gasteiger partial charge in [0.2, 0.25) is 11.9 Å². The smallest absolute Gasteiger partial charge is 0.313 e. The van der Waals surface area contributed by atoms with Gasteiger partial charge in [-0.05, 0) is 20.8 Å². The average Bonchev–Trinajstić information content (AvgIpc) is 2.38. The van der Waals surface area contributed by atoms with Crippen LogP contribution in [-0.2, 0) is 4.79 Å². The summed E-state index contributed by atoms with van der Waals surface area (Å²) in [6, 6.07) is 0. The van der Waals surface area contributed by atoms with Gasteiger partial charge in [0.1, 0.15) is 0 Å². The predicted molar refractivity (Wildman–Crippen MR) is 75.9 cm³/mol. The third-order valence-electron chi connectivity index (χ3n) is 2.31. The summed E-state index contributed by atoms with van der Waals surface area (Å²) in [6.07, 6.45) is 0. The molecule has 0 saturated heterocycles. The van der Waals surface area contributed by atoms with Gasteiger partial charge in [-0.25, -0.2) is 0 Å². The minimum atomic E-state index is -0.889. The van der Waals surface area contributed by atoms with Crippen molar-refractivity contribution in [1.29, 1.82) is 0 Å². The van der Waals surface area contributed by atoms with E-state index in [1.807, 2.05) is 25.7 Å². The van der Waals surface area contributed by atoms with Crippen molar-refractivity contribution < 1.29 is 9.90 Å². The highest BCUT2D eigenvalue weighted by Gasteiger charge is 2.12. The molecule has 0 aliphatic carbocycles. The van der Waals surface area contributed by atoms with E-state index in [4.69, 9.17) is 5.11 Å². The van der Waals surface area contributed by atoms with E-state index >= 15 is 0 Å². The van der Waals surface area contributed by atoms with E-state index in [9.17, 15) is 4.79 Å². The first-order valence-corrected chi connectivity index (χ1v) is 7.18. The number of nitrogens with one attached hydrogen (secondary N) is 1. The van der Waals surface area contributed by atoms with Crippen LogP contribution >= 0.6 is 11.8 Å². The zero-order chi connectivity index (χ0) is 14.3. The molecule has 0 radical (unpaired) electrons. The molecule has 7 nitrogen and oxygen atoms in total. The predicted octanol–water partition coefficient (Wildman–Crippen LogP) is 1.33. The lowest BCUT2D eigenvalue weighted by atomic mass is 10.5. The third kappa shape index (κ3) is 4.90. The van der Waals surface area contributed by atoms with Crippen molar-refractivity contribution in [3.8, 4) is 0 Å². The Morgan fingerprint density at radius 1 is 1.26 bits per heavy atom. The lowest BCUT2D eigenvalue weighted by Gasteiger charge is -2.19. The van der Waals surface area contributed by atoms with Gasteiger partial charge in [0.15, 0.2) is 5.16 Å². The van der Waals surface area contributed by atoms with Crippen molar-refractivity contribution in [3.05, 3.63) is 0 Å². The Labute approximate surface area is 116 Å². The van der Waals surface area contributed by atoms with Crippen molar-refractivity contribution in [2.45, 2.75) is 25.9 Å². The summed E-state index contributed by atoms with van der Waals surface area (Å²) < 4.78 is 0. The van der Waals surface area contributed by atoms with Gasteiger partial charge >= 0.3 is 5.97 Å². The second kappa shape index (κ2) is 7.78. The van der Waals surface area contributed by atoms with E-state index in [2.05, 4.69) is 20.3 Å². The topological polar surface area (TPSA) is 91.2 Å². The number of hydrogen-bond donors (Lipinski definition) is 2. The van der Waals surface area contributed by atoms with Crippen molar-refractivity contribution in [2.75, 3.05) is 35.6 Å². The van der Waals surface area contributed by atoms with Gasteiger partial charge in [-0.1, -0.05) is 11.8 Å². The van der Waals surface area contributed by atoms with Gasteiger partial charge in [0, 0.05) is 19.6 Å². The lowest BCUT2D eigenvalue weighted by Crippen LogP contribution is -2.25. The Hall–Kier alpha value is -1.57. The summed E-state index contributed by atoms with van der Waals surface area (Å²) in [5, 5.41) is 12.2. The van der Waals surface area contributed by atoms with Gasteiger partial charge in [0.05, 0.1) is 5.75 Å². The van der Waals surface area contributed by atoms with E-state index in [0.29, 0.717) is 23.6 Å². The summed E-state index contributed by atoms with van der Waals surface area (Å²) in [6.45, 7) is 8.26. The summed E-state index contributed by atoms with van der Waals surface area (Å²) in [5.74, 6) is 0.101. The molecule has 1 aromatic heterocycles. The Morgan fingerprint density at radius 3 is 2.47 bits per heavy atom. The van der Waals surface area contributed by atoms with Crippen LogP contribution in [0.1, 0.15) is 20.8 Å². The number of aliphatic carboxylic acids is 1. The molecule has 0 aromatic carbocycles. The number of carboxylic acids is 1. The molecule has 1 aromatic rings. The number of thioether (sulfide) groups is 1. The molecule has 1 heterocycles. The standard InChI is InChI=1S/C11H19N5O2S/c1-4-12-9-13-10(16(5-2)6-3)15-11(14-9)19-7-8(17)18/h4-7H2,1-3H3,(H,17,18)(H,12,13,14,15). The molecule has 106 valence electrons. The number of carboxylic acid groups (broad SMARTS) is 1. The fourth-order valence-corrected chi connectivity index (χ4v) is 1.97. The first kappa shape index (κ1) is 15.5. The second-order valence-electron chi connectivity index (χ2n) is 3.63. The summed E-state index contributed by atoms with van der Waals surface area (Å²) in [5.41, 5.74) is 0. The fourth-order valence-electron chi connectivity index (χ4n) is 1.42. The van der Waals surface area contributed by atoms with Gasteiger partial charge in [-0.3, -0.25) is 4.79 Å². The minimum Gasteiger partial charge on any atom is -0.481 e. The molecule has 0 spiro atoms. The molecule has 0 aliphatic rings. The highest BCUT2D eigenvalue weighted by Crippen LogP contribution is 2.18. The molecule has 0 saturated carbocycles.